The number of hydrogen-bond donors (Lipinski definition) is 0. The van der Waals surface area contributed by atoms with E-state index in [9.17, 15) is 25.6 Å². The minimum Gasteiger partial charge on any atom is -0.224 e. The van der Waals surface area contributed by atoms with Crippen LogP contribution in [0.1, 0.15) is 18.5 Å². The van der Waals surface area contributed by atoms with Gasteiger partial charge < -0.3 is 0 Å². The van der Waals surface area contributed by atoms with Crippen LogP contribution in [0.15, 0.2) is 52.3 Å². The van der Waals surface area contributed by atoms with Crippen molar-refractivity contribution in [2.24, 2.45) is 0 Å². The Bertz CT molecular complexity index is 987. The van der Waals surface area contributed by atoms with Gasteiger partial charge in [0, 0.05) is 19.3 Å². The molecule has 0 saturated carbocycles. The molecule has 0 heterocycles. The largest absolute Gasteiger partial charge is 0.246 e. The molecule has 2 aromatic carbocycles. The van der Waals surface area contributed by atoms with Gasteiger partial charge in [-0.2, -0.15) is 4.31 Å². The molecular weight excluding hydrogens is 372 g/mol. The summed E-state index contributed by atoms with van der Waals surface area (Å²) in [6.07, 6.45) is 1.06. The van der Waals surface area contributed by atoms with E-state index in [2.05, 4.69) is 0 Å². The smallest absolute Gasteiger partial charge is 0.224 e. The zero-order valence-electron chi connectivity index (χ0n) is 13.8. The van der Waals surface area contributed by atoms with Crippen LogP contribution in [0.25, 0.3) is 0 Å². The molecule has 1 atom stereocenters. The van der Waals surface area contributed by atoms with Crippen LogP contribution in [0.5, 0.6) is 0 Å². The Morgan fingerprint density at radius 1 is 0.960 bits per heavy atom. The fraction of sp³-hybridized carbons (Fsp3) is 0.250. The summed E-state index contributed by atoms with van der Waals surface area (Å²) in [6.45, 7) is 1.56. The third-order valence-corrected chi connectivity index (χ3v) is 6.96. The molecule has 136 valence electrons. The number of sulfone groups is 1. The Balaban J connectivity index is 2.38. The summed E-state index contributed by atoms with van der Waals surface area (Å²) in [7, 11) is -6.40. The van der Waals surface area contributed by atoms with Crippen LogP contribution in [0, 0.1) is 11.6 Å². The Kier molecular flexibility index (Phi) is 5.31. The lowest BCUT2D eigenvalue weighted by atomic mass is 10.1. The zero-order chi connectivity index (χ0) is 19.0. The highest BCUT2D eigenvalue weighted by Crippen LogP contribution is 2.28. The van der Waals surface area contributed by atoms with Crippen LogP contribution in [-0.2, 0) is 19.9 Å². The van der Waals surface area contributed by atoms with E-state index in [1.165, 1.54) is 31.3 Å². The first-order valence-corrected chi connectivity index (χ1v) is 10.5. The molecule has 0 spiro atoms. The van der Waals surface area contributed by atoms with Crippen molar-refractivity contribution in [3.63, 3.8) is 0 Å². The molecule has 0 aromatic heterocycles. The van der Waals surface area contributed by atoms with Crippen LogP contribution >= 0.6 is 0 Å². The molecule has 1 unspecified atom stereocenters. The molecule has 0 fully saturated rings. The van der Waals surface area contributed by atoms with Crippen molar-refractivity contribution in [1.82, 2.24) is 4.31 Å². The molecule has 0 aliphatic heterocycles. The first-order valence-electron chi connectivity index (χ1n) is 7.17. The molecule has 2 aromatic rings. The van der Waals surface area contributed by atoms with Crippen molar-refractivity contribution < 1.29 is 25.6 Å². The maximum absolute atomic E-state index is 13.8. The third kappa shape index (κ3) is 4.05. The third-order valence-electron chi connectivity index (χ3n) is 3.89. The number of benzene rings is 2. The predicted molar refractivity (Wildman–Crippen MR) is 89.3 cm³/mol. The topological polar surface area (TPSA) is 71.5 Å². The van der Waals surface area contributed by atoms with Crippen LogP contribution in [0.4, 0.5) is 8.78 Å². The van der Waals surface area contributed by atoms with Gasteiger partial charge in [-0.3, -0.25) is 0 Å². The number of sulfonamides is 1. The molecule has 5 nitrogen and oxygen atoms in total. The van der Waals surface area contributed by atoms with Crippen molar-refractivity contribution in [2.75, 3.05) is 13.3 Å². The van der Waals surface area contributed by atoms with E-state index in [0.717, 1.165) is 22.7 Å². The highest BCUT2D eigenvalue weighted by molar-refractivity contribution is 7.90. The SMILES string of the molecule is CC(c1ccc(S(C)(=O)=O)cc1)N(C)S(=O)(=O)c1cc(F)ccc1F. The first-order chi connectivity index (χ1) is 11.4. The molecule has 0 N–H and O–H groups in total. The van der Waals surface area contributed by atoms with Crippen molar-refractivity contribution >= 4 is 19.9 Å². The number of hydrogen-bond acceptors (Lipinski definition) is 4. The Hall–Kier alpha value is -1.84. The van der Waals surface area contributed by atoms with Crippen molar-refractivity contribution in [3.05, 3.63) is 59.7 Å². The molecule has 25 heavy (non-hydrogen) atoms. The van der Waals surface area contributed by atoms with E-state index in [-0.39, 0.29) is 4.90 Å². The van der Waals surface area contributed by atoms with E-state index < -0.39 is 42.4 Å². The normalized spacial score (nSPS) is 13.8. The molecule has 0 saturated heterocycles. The lowest BCUT2D eigenvalue weighted by molar-refractivity contribution is 0.394. The maximum atomic E-state index is 13.8. The summed E-state index contributed by atoms with van der Waals surface area (Å²) in [5, 5.41) is 0. The van der Waals surface area contributed by atoms with Gasteiger partial charge in [0.15, 0.2) is 9.84 Å². The molecule has 0 amide bonds. The predicted octanol–water partition coefficient (Wildman–Crippen LogP) is 2.75. The zero-order valence-corrected chi connectivity index (χ0v) is 15.4. The van der Waals surface area contributed by atoms with E-state index in [0.29, 0.717) is 11.6 Å². The molecule has 0 aliphatic rings. The Morgan fingerprint density at radius 2 is 1.52 bits per heavy atom. The average molecular weight is 389 g/mol. The van der Waals surface area contributed by atoms with Gasteiger partial charge in [-0.1, -0.05) is 12.1 Å². The highest BCUT2D eigenvalue weighted by atomic mass is 32.2. The first kappa shape index (κ1) is 19.5. The van der Waals surface area contributed by atoms with E-state index in [4.69, 9.17) is 0 Å². The van der Waals surface area contributed by atoms with E-state index in [1.807, 2.05) is 0 Å². The second-order valence-electron chi connectivity index (χ2n) is 5.61. The highest BCUT2D eigenvalue weighted by Gasteiger charge is 2.29. The number of halogens is 2. The molecule has 0 radical (unpaired) electrons. The number of rotatable bonds is 5. The fourth-order valence-electron chi connectivity index (χ4n) is 2.24. The van der Waals surface area contributed by atoms with Crippen LogP contribution in [-0.4, -0.2) is 34.4 Å². The summed E-state index contributed by atoms with van der Waals surface area (Å²) < 4.78 is 76.1. The molecule has 0 bridgehead atoms. The lowest BCUT2D eigenvalue weighted by Crippen LogP contribution is -2.30. The molecule has 2 rings (SSSR count). The van der Waals surface area contributed by atoms with Crippen LogP contribution in [0.3, 0.4) is 0 Å². The summed E-state index contributed by atoms with van der Waals surface area (Å²) in [4.78, 5) is -0.653. The summed E-state index contributed by atoms with van der Waals surface area (Å²) >= 11 is 0. The van der Waals surface area contributed by atoms with Crippen LogP contribution in [0.2, 0.25) is 0 Å². The van der Waals surface area contributed by atoms with Crippen LogP contribution < -0.4 is 0 Å². The van der Waals surface area contributed by atoms with Gasteiger partial charge in [0.25, 0.3) is 0 Å². The minimum atomic E-state index is -4.28. The van der Waals surface area contributed by atoms with Gasteiger partial charge in [-0.25, -0.2) is 25.6 Å². The Labute approximate surface area is 145 Å². The van der Waals surface area contributed by atoms with Crippen molar-refractivity contribution in [2.45, 2.75) is 22.8 Å². The molecular formula is C16H17F2NO4S2. The van der Waals surface area contributed by atoms with E-state index >= 15 is 0 Å². The van der Waals surface area contributed by atoms with E-state index in [1.54, 1.807) is 6.92 Å². The monoisotopic (exact) mass is 389 g/mol. The summed E-state index contributed by atoms with van der Waals surface area (Å²) in [6, 6.07) is 7.18. The summed E-state index contributed by atoms with van der Waals surface area (Å²) in [5.41, 5.74) is 0.510. The van der Waals surface area contributed by atoms with Gasteiger partial charge in [0.05, 0.1) is 4.90 Å². The van der Waals surface area contributed by atoms with Gasteiger partial charge in [0.2, 0.25) is 10.0 Å². The van der Waals surface area contributed by atoms with Crippen molar-refractivity contribution in [3.8, 4) is 0 Å². The quantitative estimate of drug-likeness (QED) is 0.788. The maximum Gasteiger partial charge on any atom is 0.246 e. The molecule has 9 heteroatoms. The van der Waals surface area contributed by atoms with Crippen molar-refractivity contribution in [1.29, 1.82) is 0 Å². The van der Waals surface area contributed by atoms with Gasteiger partial charge >= 0.3 is 0 Å². The summed E-state index contributed by atoms with van der Waals surface area (Å²) in [5.74, 6) is -1.91. The van der Waals surface area contributed by atoms with Gasteiger partial charge in [-0.15, -0.1) is 0 Å². The second-order valence-corrected chi connectivity index (χ2v) is 9.59. The minimum absolute atomic E-state index is 0.102. The van der Waals surface area contributed by atoms with Gasteiger partial charge in [-0.05, 0) is 42.8 Å². The second kappa shape index (κ2) is 6.81. The Morgan fingerprint density at radius 3 is 2.04 bits per heavy atom. The fourth-order valence-corrected chi connectivity index (χ4v) is 4.30. The molecule has 0 aliphatic carbocycles. The van der Waals surface area contributed by atoms with Gasteiger partial charge in [0.1, 0.15) is 16.5 Å². The standard InChI is InChI=1S/C16H17F2NO4S2/c1-11(12-4-7-14(8-5-12)24(3,20)21)19(2)25(22,23)16-10-13(17)6-9-15(16)18/h4-11H,1-3H3. The lowest BCUT2D eigenvalue weighted by Gasteiger charge is -2.25. The number of nitrogens with zero attached hydrogens (tertiary/aromatic N) is 1. The average Bonchev–Trinajstić information content (AvgIpc) is 2.54.